The first-order valence-electron chi connectivity index (χ1n) is 7.55. The third-order valence-electron chi connectivity index (χ3n) is 3.49. The molecule has 0 aliphatic carbocycles. The molecule has 0 spiro atoms. The number of benzene rings is 1. The van der Waals surface area contributed by atoms with Crippen molar-refractivity contribution in [3.05, 3.63) is 82.5 Å². The Kier molecular flexibility index (Phi) is 5.91. The molecule has 4 nitrogen and oxygen atoms in total. The highest BCUT2D eigenvalue weighted by molar-refractivity contribution is 7.80. The summed E-state index contributed by atoms with van der Waals surface area (Å²) in [5.41, 5.74) is 1.56. The predicted octanol–water partition coefficient (Wildman–Crippen LogP) is 5.38. The van der Waals surface area contributed by atoms with E-state index in [4.69, 9.17) is 39.8 Å². The molecule has 3 rings (SSSR count). The highest BCUT2D eigenvalue weighted by atomic mass is 35.5. The van der Waals surface area contributed by atoms with Crippen LogP contribution in [0.3, 0.4) is 0 Å². The summed E-state index contributed by atoms with van der Waals surface area (Å²) < 4.78 is 5.45. The van der Waals surface area contributed by atoms with E-state index in [-0.39, 0.29) is 0 Å². The van der Waals surface area contributed by atoms with Crippen molar-refractivity contribution in [3.63, 3.8) is 0 Å². The van der Waals surface area contributed by atoms with E-state index in [1.165, 1.54) is 0 Å². The summed E-state index contributed by atoms with van der Waals surface area (Å²) in [7, 11) is 0. The Morgan fingerprint density at radius 3 is 2.68 bits per heavy atom. The van der Waals surface area contributed by atoms with Crippen LogP contribution in [-0.4, -0.2) is 15.0 Å². The number of aromatic nitrogens is 1. The van der Waals surface area contributed by atoms with Crippen LogP contribution in [0.4, 0.5) is 5.69 Å². The molecule has 1 aromatic carbocycles. The maximum absolute atomic E-state index is 6.24. The molecule has 0 aliphatic rings. The van der Waals surface area contributed by atoms with Gasteiger partial charge in [-0.15, -0.1) is 0 Å². The third kappa shape index (κ3) is 4.72. The average Bonchev–Trinajstić information content (AvgIpc) is 3.12. The van der Waals surface area contributed by atoms with Gasteiger partial charge in [0.15, 0.2) is 5.11 Å². The van der Waals surface area contributed by atoms with Gasteiger partial charge in [0.25, 0.3) is 0 Å². The van der Waals surface area contributed by atoms with Crippen LogP contribution in [-0.2, 0) is 13.1 Å². The standard InChI is InChI=1S/C18H15Cl2N3OS/c19-15-7-3-8-16(17(15)20)22-18(25)23(12-14-6-4-10-24-14)11-13-5-1-2-9-21-13/h1-10H,11-12H2,(H,22,25). The lowest BCUT2D eigenvalue weighted by Gasteiger charge is -2.25. The van der Waals surface area contributed by atoms with Gasteiger partial charge in [0.05, 0.1) is 40.8 Å². The Bertz CT molecular complexity index is 841. The average molecular weight is 392 g/mol. The van der Waals surface area contributed by atoms with Crippen LogP contribution in [0.15, 0.2) is 65.4 Å². The molecule has 0 aliphatic heterocycles. The number of rotatable bonds is 5. The van der Waals surface area contributed by atoms with E-state index in [1.807, 2.05) is 47.4 Å². The van der Waals surface area contributed by atoms with Gasteiger partial charge in [-0.05, 0) is 48.6 Å². The summed E-state index contributed by atoms with van der Waals surface area (Å²) in [6, 6.07) is 14.9. The molecule has 0 saturated carbocycles. The molecule has 2 heterocycles. The van der Waals surface area contributed by atoms with Crippen LogP contribution in [0.2, 0.25) is 10.0 Å². The summed E-state index contributed by atoms with van der Waals surface area (Å²) in [4.78, 5) is 6.31. The molecule has 2 aromatic heterocycles. The summed E-state index contributed by atoms with van der Waals surface area (Å²) in [6.07, 6.45) is 3.39. The van der Waals surface area contributed by atoms with Crippen LogP contribution in [0.5, 0.6) is 0 Å². The van der Waals surface area contributed by atoms with Crippen molar-refractivity contribution >= 4 is 46.2 Å². The fourth-order valence-electron chi connectivity index (χ4n) is 2.27. The van der Waals surface area contributed by atoms with E-state index in [2.05, 4.69) is 10.3 Å². The Morgan fingerprint density at radius 2 is 1.96 bits per heavy atom. The monoisotopic (exact) mass is 391 g/mol. The number of nitrogens with zero attached hydrogens (tertiary/aromatic N) is 2. The second kappa shape index (κ2) is 8.34. The SMILES string of the molecule is S=C(Nc1cccc(Cl)c1Cl)N(Cc1ccccn1)Cc1ccco1. The minimum absolute atomic E-state index is 0.433. The Balaban J connectivity index is 1.79. The van der Waals surface area contributed by atoms with E-state index in [1.54, 1.807) is 18.5 Å². The van der Waals surface area contributed by atoms with Gasteiger partial charge in [-0.25, -0.2) is 0 Å². The Morgan fingerprint density at radius 1 is 1.08 bits per heavy atom. The molecule has 0 amide bonds. The van der Waals surface area contributed by atoms with Crippen molar-refractivity contribution in [2.45, 2.75) is 13.1 Å². The number of nitrogens with one attached hydrogen (secondary N) is 1. The lowest BCUT2D eigenvalue weighted by atomic mass is 10.3. The zero-order valence-corrected chi connectivity index (χ0v) is 15.5. The number of hydrogen-bond donors (Lipinski definition) is 1. The van der Waals surface area contributed by atoms with Crippen LogP contribution in [0, 0.1) is 0 Å². The van der Waals surface area contributed by atoms with Gasteiger partial charge in [0.2, 0.25) is 0 Å². The highest BCUT2D eigenvalue weighted by Crippen LogP contribution is 2.30. The molecule has 0 radical (unpaired) electrons. The van der Waals surface area contributed by atoms with E-state index in [0.29, 0.717) is 33.9 Å². The second-order valence-electron chi connectivity index (χ2n) is 5.29. The molecule has 25 heavy (non-hydrogen) atoms. The summed E-state index contributed by atoms with van der Waals surface area (Å²) in [5, 5.41) is 4.56. The molecule has 128 valence electrons. The Hall–Kier alpha value is -2.08. The smallest absolute Gasteiger partial charge is 0.174 e. The van der Waals surface area contributed by atoms with E-state index >= 15 is 0 Å². The number of hydrogen-bond acceptors (Lipinski definition) is 3. The number of halogens is 2. The number of furan rings is 1. The fraction of sp³-hybridized carbons (Fsp3) is 0.111. The quantitative estimate of drug-likeness (QED) is 0.591. The molecule has 0 saturated heterocycles. The fourth-order valence-corrected chi connectivity index (χ4v) is 2.86. The van der Waals surface area contributed by atoms with Crippen molar-refractivity contribution in [1.29, 1.82) is 0 Å². The van der Waals surface area contributed by atoms with E-state index in [9.17, 15) is 0 Å². The van der Waals surface area contributed by atoms with Gasteiger partial charge in [-0.1, -0.05) is 35.3 Å². The predicted molar refractivity (Wildman–Crippen MR) is 105 cm³/mol. The first-order valence-corrected chi connectivity index (χ1v) is 8.72. The number of pyridine rings is 1. The maximum atomic E-state index is 6.24. The molecule has 0 unspecified atom stereocenters. The third-order valence-corrected chi connectivity index (χ3v) is 4.67. The van der Waals surface area contributed by atoms with Crippen molar-refractivity contribution in [1.82, 2.24) is 9.88 Å². The van der Waals surface area contributed by atoms with Crippen LogP contribution < -0.4 is 5.32 Å². The molecular weight excluding hydrogens is 377 g/mol. The first kappa shape index (κ1) is 17.7. The number of anilines is 1. The molecule has 7 heteroatoms. The van der Waals surface area contributed by atoms with E-state index < -0.39 is 0 Å². The highest BCUT2D eigenvalue weighted by Gasteiger charge is 2.15. The Labute approximate surface area is 161 Å². The van der Waals surface area contributed by atoms with Crippen molar-refractivity contribution in [2.24, 2.45) is 0 Å². The van der Waals surface area contributed by atoms with Crippen LogP contribution in [0.25, 0.3) is 0 Å². The van der Waals surface area contributed by atoms with Gasteiger partial charge in [0.1, 0.15) is 5.76 Å². The lowest BCUT2D eigenvalue weighted by molar-refractivity contribution is 0.357. The van der Waals surface area contributed by atoms with Gasteiger partial charge in [0, 0.05) is 6.20 Å². The first-order chi connectivity index (χ1) is 12.1. The van der Waals surface area contributed by atoms with Gasteiger partial charge < -0.3 is 14.6 Å². The summed E-state index contributed by atoms with van der Waals surface area (Å²) >= 11 is 17.9. The molecule has 3 aromatic rings. The molecule has 0 bridgehead atoms. The topological polar surface area (TPSA) is 41.3 Å². The molecule has 0 fully saturated rings. The molecule has 1 N–H and O–H groups in total. The minimum Gasteiger partial charge on any atom is -0.467 e. The van der Waals surface area contributed by atoms with Crippen molar-refractivity contribution in [3.8, 4) is 0 Å². The zero-order chi connectivity index (χ0) is 17.6. The largest absolute Gasteiger partial charge is 0.467 e. The summed E-state index contributed by atoms with van der Waals surface area (Å²) in [6.45, 7) is 1.04. The molecular formula is C18H15Cl2N3OS. The van der Waals surface area contributed by atoms with Crippen molar-refractivity contribution < 1.29 is 4.42 Å². The lowest BCUT2D eigenvalue weighted by Crippen LogP contribution is -2.34. The van der Waals surface area contributed by atoms with Gasteiger partial charge >= 0.3 is 0 Å². The summed E-state index contributed by atoms with van der Waals surface area (Å²) in [5.74, 6) is 0.803. The van der Waals surface area contributed by atoms with Crippen molar-refractivity contribution in [2.75, 3.05) is 5.32 Å². The maximum Gasteiger partial charge on any atom is 0.174 e. The van der Waals surface area contributed by atoms with Gasteiger partial charge in [-0.2, -0.15) is 0 Å². The van der Waals surface area contributed by atoms with Crippen LogP contribution >= 0.6 is 35.4 Å². The van der Waals surface area contributed by atoms with E-state index in [0.717, 1.165) is 11.5 Å². The zero-order valence-electron chi connectivity index (χ0n) is 13.2. The normalized spacial score (nSPS) is 10.5. The number of thiocarbonyl (C=S) groups is 1. The minimum atomic E-state index is 0.433. The second-order valence-corrected chi connectivity index (χ2v) is 6.46. The van der Waals surface area contributed by atoms with Crippen LogP contribution in [0.1, 0.15) is 11.5 Å². The molecule has 0 atom stereocenters. The van der Waals surface area contributed by atoms with Gasteiger partial charge in [-0.3, -0.25) is 4.98 Å².